The fourth-order valence-electron chi connectivity index (χ4n) is 3.39. The topological polar surface area (TPSA) is 99.3 Å². The fourth-order valence-corrected chi connectivity index (χ4v) is 3.39. The molecular weight excluding hydrogens is 427 g/mol. The van der Waals surface area contributed by atoms with Gasteiger partial charge >= 0.3 is 5.69 Å². The van der Waals surface area contributed by atoms with Crippen LogP contribution in [0.25, 0.3) is 0 Å². The third kappa shape index (κ3) is 5.94. The van der Waals surface area contributed by atoms with E-state index in [4.69, 9.17) is 4.74 Å². The van der Waals surface area contributed by atoms with E-state index in [0.29, 0.717) is 12.3 Å². The SMILES string of the molecule is CCC(C)c1ccc(C(CC)NC(=O)c2ccn(COc3cc(F)ccc3[N+](=O)[O-])n2)cc1. The molecule has 1 aromatic heterocycles. The third-order valence-electron chi connectivity index (χ3n) is 5.58. The van der Waals surface area contributed by atoms with Gasteiger partial charge in [0.05, 0.1) is 11.0 Å². The van der Waals surface area contributed by atoms with E-state index in [-0.39, 0.29) is 35.8 Å². The molecule has 0 spiro atoms. The van der Waals surface area contributed by atoms with E-state index < -0.39 is 10.7 Å². The maximum Gasteiger partial charge on any atom is 0.311 e. The van der Waals surface area contributed by atoms with Crippen LogP contribution in [-0.2, 0) is 6.73 Å². The maximum atomic E-state index is 13.4. The molecule has 8 nitrogen and oxygen atoms in total. The van der Waals surface area contributed by atoms with Gasteiger partial charge in [-0.1, -0.05) is 45.0 Å². The Kier molecular flexibility index (Phi) is 7.76. The summed E-state index contributed by atoms with van der Waals surface area (Å²) in [7, 11) is 0. The molecule has 2 atom stereocenters. The summed E-state index contributed by atoms with van der Waals surface area (Å²) in [5, 5.41) is 18.2. The van der Waals surface area contributed by atoms with Crippen molar-refractivity contribution in [1.82, 2.24) is 15.1 Å². The van der Waals surface area contributed by atoms with Crippen molar-refractivity contribution in [3.05, 3.63) is 87.5 Å². The summed E-state index contributed by atoms with van der Waals surface area (Å²) < 4.78 is 20.1. The fraction of sp³-hybridized carbons (Fsp3) is 0.333. The molecule has 2 aromatic carbocycles. The molecule has 174 valence electrons. The molecule has 2 unspecified atom stereocenters. The number of rotatable bonds is 10. The summed E-state index contributed by atoms with van der Waals surface area (Å²) in [6, 6.07) is 12.6. The summed E-state index contributed by atoms with van der Waals surface area (Å²) in [6.45, 7) is 6.11. The van der Waals surface area contributed by atoms with E-state index >= 15 is 0 Å². The number of aromatic nitrogens is 2. The highest BCUT2D eigenvalue weighted by Gasteiger charge is 2.18. The second kappa shape index (κ2) is 10.7. The van der Waals surface area contributed by atoms with Gasteiger partial charge in [0, 0.05) is 18.3 Å². The average Bonchev–Trinajstić information content (AvgIpc) is 3.30. The first-order valence-corrected chi connectivity index (χ1v) is 10.8. The Bertz CT molecular complexity index is 1110. The molecule has 0 fully saturated rings. The molecule has 3 aromatic rings. The van der Waals surface area contributed by atoms with Crippen molar-refractivity contribution >= 4 is 11.6 Å². The number of carbonyl (C=O) groups is 1. The second-order valence-corrected chi connectivity index (χ2v) is 7.79. The molecule has 0 aliphatic rings. The Morgan fingerprint density at radius 3 is 2.48 bits per heavy atom. The van der Waals surface area contributed by atoms with Gasteiger partial charge in [0.2, 0.25) is 5.75 Å². The molecule has 0 saturated heterocycles. The van der Waals surface area contributed by atoms with Gasteiger partial charge in [0.15, 0.2) is 6.73 Å². The zero-order valence-electron chi connectivity index (χ0n) is 18.8. The number of ether oxygens (including phenoxy) is 1. The van der Waals surface area contributed by atoms with Gasteiger partial charge < -0.3 is 10.1 Å². The number of halogens is 1. The van der Waals surface area contributed by atoms with Crippen LogP contribution in [0.5, 0.6) is 5.75 Å². The van der Waals surface area contributed by atoms with Crippen molar-refractivity contribution in [3.63, 3.8) is 0 Å². The Morgan fingerprint density at radius 1 is 1.15 bits per heavy atom. The van der Waals surface area contributed by atoms with E-state index in [1.807, 2.05) is 19.1 Å². The van der Waals surface area contributed by atoms with Gasteiger partial charge in [-0.05, 0) is 42.0 Å². The number of nitrogens with zero attached hydrogens (tertiary/aromatic N) is 3. The predicted octanol–water partition coefficient (Wildman–Crippen LogP) is 5.36. The zero-order chi connectivity index (χ0) is 24.0. The van der Waals surface area contributed by atoms with Crippen LogP contribution in [0, 0.1) is 15.9 Å². The Hall–Kier alpha value is -3.75. The van der Waals surface area contributed by atoms with Crippen molar-refractivity contribution in [2.75, 3.05) is 0 Å². The lowest BCUT2D eigenvalue weighted by atomic mass is 9.95. The first-order chi connectivity index (χ1) is 15.8. The highest BCUT2D eigenvalue weighted by molar-refractivity contribution is 5.92. The van der Waals surface area contributed by atoms with Crippen LogP contribution in [0.3, 0.4) is 0 Å². The van der Waals surface area contributed by atoms with Crippen LogP contribution >= 0.6 is 0 Å². The van der Waals surface area contributed by atoms with Crippen LogP contribution in [0.1, 0.15) is 67.2 Å². The quantitative estimate of drug-likeness (QED) is 0.328. The summed E-state index contributed by atoms with van der Waals surface area (Å²) in [4.78, 5) is 23.1. The molecule has 1 amide bonds. The minimum Gasteiger partial charge on any atom is -0.464 e. The van der Waals surface area contributed by atoms with Crippen LogP contribution in [0.2, 0.25) is 0 Å². The monoisotopic (exact) mass is 454 g/mol. The first-order valence-electron chi connectivity index (χ1n) is 10.8. The van der Waals surface area contributed by atoms with Crippen LogP contribution in [-0.4, -0.2) is 20.6 Å². The normalized spacial score (nSPS) is 12.7. The standard InChI is InChI=1S/C24H27FN4O4/c1-4-16(3)17-6-8-18(9-7-17)20(5-2)26-24(30)21-12-13-28(27-21)15-33-23-14-19(25)10-11-22(23)29(31)32/h6-14,16,20H,4-5,15H2,1-3H3,(H,26,30). The van der Waals surface area contributed by atoms with E-state index in [1.54, 1.807) is 0 Å². The highest BCUT2D eigenvalue weighted by Crippen LogP contribution is 2.28. The maximum absolute atomic E-state index is 13.4. The zero-order valence-corrected chi connectivity index (χ0v) is 18.8. The van der Waals surface area contributed by atoms with Gasteiger partial charge in [0.1, 0.15) is 11.5 Å². The predicted molar refractivity (Wildman–Crippen MR) is 122 cm³/mol. The molecular formula is C24H27FN4O4. The molecule has 9 heteroatoms. The highest BCUT2D eigenvalue weighted by atomic mass is 19.1. The number of nitro groups is 1. The number of hydrogen-bond donors (Lipinski definition) is 1. The minimum absolute atomic E-state index is 0.167. The molecule has 1 heterocycles. The third-order valence-corrected chi connectivity index (χ3v) is 5.58. The summed E-state index contributed by atoms with van der Waals surface area (Å²) >= 11 is 0. The number of benzene rings is 2. The van der Waals surface area contributed by atoms with E-state index in [9.17, 15) is 19.3 Å². The van der Waals surface area contributed by atoms with Gasteiger partial charge in [-0.15, -0.1) is 0 Å². The van der Waals surface area contributed by atoms with Crippen molar-refractivity contribution in [2.24, 2.45) is 0 Å². The first kappa shape index (κ1) is 23.9. The van der Waals surface area contributed by atoms with E-state index in [2.05, 4.69) is 36.4 Å². The van der Waals surface area contributed by atoms with Crippen LogP contribution < -0.4 is 10.1 Å². The van der Waals surface area contributed by atoms with Crippen molar-refractivity contribution in [1.29, 1.82) is 0 Å². The van der Waals surface area contributed by atoms with Crippen molar-refractivity contribution in [2.45, 2.75) is 52.3 Å². The molecule has 0 saturated carbocycles. The molecule has 0 radical (unpaired) electrons. The lowest BCUT2D eigenvalue weighted by molar-refractivity contribution is -0.386. The number of carbonyl (C=O) groups excluding carboxylic acids is 1. The van der Waals surface area contributed by atoms with Gasteiger partial charge in [0.25, 0.3) is 5.91 Å². The molecule has 3 rings (SSSR count). The number of amides is 1. The summed E-state index contributed by atoms with van der Waals surface area (Å²) in [6.07, 6.45) is 3.29. The summed E-state index contributed by atoms with van der Waals surface area (Å²) in [5.41, 5.74) is 2.10. The largest absolute Gasteiger partial charge is 0.464 e. The van der Waals surface area contributed by atoms with Crippen molar-refractivity contribution in [3.8, 4) is 5.75 Å². The van der Waals surface area contributed by atoms with Crippen molar-refractivity contribution < 1.29 is 18.8 Å². The van der Waals surface area contributed by atoms with Gasteiger partial charge in [-0.2, -0.15) is 5.10 Å². The lowest BCUT2D eigenvalue weighted by Gasteiger charge is -2.18. The second-order valence-electron chi connectivity index (χ2n) is 7.79. The van der Waals surface area contributed by atoms with Crippen LogP contribution in [0.15, 0.2) is 54.7 Å². The Labute approximate surface area is 191 Å². The van der Waals surface area contributed by atoms with Crippen LogP contribution in [0.4, 0.5) is 10.1 Å². The van der Waals surface area contributed by atoms with E-state index in [1.165, 1.54) is 22.5 Å². The van der Waals surface area contributed by atoms with Gasteiger partial charge in [-0.3, -0.25) is 14.9 Å². The average molecular weight is 455 g/mol. The minimum atomic E-state index is -0.656. The lowest BCUT2D eigenvalue weighted by Crippen LogP contribution is -2.28. The molecule has 0 bridgehead atoms. The summed E-state index contributed by atoms with van der Waals surface area (Å²) in [5.74, 6) is -0.732. The molecule has 1 N–H and O–H groups in total. The molecule has 0 aliphatic heterocycles. The Balaban J connectivity index is 1.64. The number of nitro benzene ring substituents is 1. The number of nitrogens with one attached hydrogen (secondary N) is 1. The smallest absolute Gasteiger partial charge is 0.311 e. The van der Waals surface area contributed by atoms with E-state index in [0.717, 1.165) is 30.2 Å². The van der Waals surface area contributed by atoms with Gasteiger partial charge in [-0.25, -0.2) is 9.07 Å². The Morgan fingerprint density at radius 2 is 1.85 bits per heavy atom. The number of hydrogen-bond acceptors (Lipinski definition) is 5. The molecule has 33 heavy (non-hydrogen) atoms. The molecule has 0 aliphatic carbocycles.